The second kappa shape index (κ2) is 10.0. The van der Waals surface area contributed by atoms with Gasteiger partial charge in [-0.15, -0.1) is 0 Å². The predicted molar refractivity (Wildman–Crippen MR) is 160 cm³/mol. The van der Waals surface area contributed by atoms with Crippen LogP contribution in [-0.2, 0) is 15.5 Å². The number of nitrogens with zero attached hydrogens (tertiary/aromatic N) is 2. The number of aromatic nitrogens is 2. The zero-order valence-corrected chi connectivity index (χ0v) is 25.4. The molecular weight excluding hydrogens is 506 g/mol. The van der Waals surface area contributed by atoms with E-state index in [9.17, 15) is 8.42 Å². The number of aryl methyl sites for hydroxylation is 1. The van der Waals surface area contributed by atoms with Crippen molar-refractivity contribution in [2.24, 2.45) is 5.41 Å². The number of nitrogens with one attached hydrogen (secondary N) is 1. The molecule has 2 heterocycles. The van der Waals surface area contributed by atoms with Crippen LogP contribution in [0.3, 0.4) is 0 Å². The molecule has 4 rings (SSSR count). The fourth-order valence-electron chi connectivity index (χ4n) is 5.17. The van der Waals surface area contributed by atoms with Gasteiger partial charge in [-0.05, 0) is 85.5 Å². The zero-order chi connectivity index (χ0) is 28.8. The van der Waals surface area contributed by atoms with Crippen LogP contribution in [-0.4, -0.2) is 23.3 Å². The number of anilines is 1. The van der Waals surface area contributed by atoms with Gasteiger partial charge in [0, 0.05) is 17.3 Å². The van der Waals surface area contributed by atoms with E-state index in [4.69, 9.17) is 9.17 Å². The van der Waals surface area contributed by atoms with Gasteiger partial charge in [-0.2, -0.15) is 8.42 Å². The van der Waals surface area contributed by atoms with Crippen LogP contribution in [0.1, 0.15) is 72.9 Å². The number of fused-ring (bicyclic) bond motifs is 1. The van der Waals surface area contributed by atoms with Crippen molar-refractivity contribution in [2.75, 3.05) is 5.32 Å². The first kappa shape index (κ1) is 28.7. The van der Waals surface area contributed by atoms with Gasteiger partial charge in [-0.3, -0.25) is 4.40 Å². The van der Waals surface area contributed by atoms with Gasteiger partial charge in [0.05, 0.1) is 0 Å². The summed E-state index contributed by atoms with van der Waals surface area (Å²) in [6.45, 7) is 19.3. The average Bonchev–Trinajstić information content (AvgIpc) is 3.13. The molecule has 0 spiro atoms. The largest absolute Gasteiger partial charge is 0.378 e. The maximum atomic E-state index is 13.4. The Hall–Kier alpha value is -3.32. The standard InChI is InChI=1S/C32H41N3O3S/c1-22-18-19-35-27(20-22)33-28(29(35)34-32(8,9)21-30(2,3)4)25-12-10-11-13-26(25)38-39(36,37)24-16-14-23(15-17-24)31(5,6)7/h10-20,34H,21H2,1-9H3. The van der Waals surface area contributed by atoms with Crippen molar-refractivity contribution >= 4 is 21.6 Å². The summed E-state index contributed by atoms with van der Waals surface area (Å²) < 4.78 is 34.5. The Kier molecular flexibility index (Phi) is 7.36. The molecule has 0 aliphatic heterocycles. The van der Waals surface area contributed by atoms with Crippen LogP contribution < -0.4 is 9.50 Å². The van der Waals surface area contributed by atoms with Gasteiger partial charge in [0.1, 0.15) is 22.1 Å². The third-order valence-corrected chi connectivity index (χ3v) is 7.81. The van der Waals surface area contributed by atoms with Crippen molar-refractivity contribution in [3.63, 3.8) is 0 Å². The third-order valence-electron chi connectivity index (χ3n) is 6.56. The molecular formula is C32H41N3O3S. The Balaban J connectivity index is 1.79. The first-order valence-corrected chi connectivity index (χ1v) is 14.8. The summed E-state index contributed by atoms with van der Waals surface area (Å²) in [6, 6.07) is 18.1. The van der Waals surface area contributed by atoms with E-state index in [1.54, 1.807) is 24.3 Å². The number of benzene rings is 2. The molecule has 2 aromatic carbocycles. The summed E-state index contributed by atoms with van der Waals surface area (Å²) in [5, 5.41) is 3.72. The molecule has 0 saturated carbocycles. The summed E-state index contributed by atoms with van der Waals surface area (Å²) in [5.41, 5.74) is 3.91. The maximum absolute atomic E-state index is 13.4. The molecule has 0 aliphatic carbocycles. The summed E-state index contributed by atoms with van der Waals surface area (Å²) in [6.07, 6.45) is 2.91. The summed E-state index contributed by atoms with van der Waals surface area (Å²) >= 11 is 0. The predicted octanol–water partition coefficient (Wildman–Crippen LogP) is 8.00. The van der Waals surface area contributed by atoms with E-state index < -0.39 is 10.1 Å². The Morgan fingerprint density at radius 2 is 1.54 bits per heavy atom. The van der Waals surface area contributed by atoms with Gasteiger partial charge in [0.15, 0.2) is 5.75 Å². The number of rotatable bonds is 7. The highest BCUT2D eigenvalue weighted by molar-refractivity contribution is 7.87. The van der Waals surface area contributed by atoms with Crippen LogP contribution in [0.4, 0.5) is 5.82 Å². The molecule has 0 unspecified atom stereocenters. The zero-order valence-electron chi connectivity index (χ0n) is 24.6. The molecule has 0 fully saturated rings. The number of hydrogen-bond donors (Lipinski definition) is 1. The minimum absolute atomic E-state index is 0.0819. The number of imidazole rings is 1. The maximum Gasteiger partial charge on any atom is 0.339 e. The lowest BCUT2D eigenvalue weighted by atomic mass is 9.82. The smallest absolute Gasteiger partial charge is 0.339 e. The van der Waals surface area contributed by atoms with Crippen LogP contribution in [0.25, 0.3) is 16.9 Å². The van der Waals surface area contributed by atoms with E-state index in [0.29, 0.717) is 11.3 Å². The third kappa shape index (κ3) is 6.64. The number of para-hydroxylation sites is 1. The Labute approximate surface area is 233 Å². The van der Waals surface area contributed by atoms with Crippen molar-refractivity contribution < 1.29 is 12.6 Å². The lowest BCUT2D eigenvalue weighted by Gasteiger charge is -2.34. The molecule has 0 atom stereocenters. The summed E-state index contributed by atoms with van der Waals surface area (Å²) in [7, 11) is -4.07. The minimum Gasteiger partial charge on any atom is -0.378 e. The first-order chi connectivity index (χ1) is 18.0. The molecule has 208 valence electrons. The van der Waals surface area contributed by atoms with Crippen molar-refractivity contribution in [3.05, 3.63) is 78.0 Å². The molecule has 39 heavy (non-hydrogen) atoms. The van der Waals surface area contributed by atoms with Gasteiger partial charge < -0.3 is 9.50 Å². The first-order valence-electron chi connectivity index (χ1n) is 13.4. The monoisotopic (exact) mass is 547 g/mol. The van der Waals surface area contributed by atoms with Gasteiger partial charge in [-0.25, -0.2) is 4.98 Å². The molecule has 1 N–H and O–H groups in total. The normalized spacial score (nSPS) is 13.1. The van der Waals surface area contributed by atoms with Crippen LogP contribution in [0, 0.1) is 12.3 Å². The lowest BCUT2D eigenvalue weighted by molar-refractivity contribution is 0.302. The summed E-state index contributed by atoms with van der Waals surface area (Å²) in [5.74, 6) is 1.02. The minimum atomic E-state index is -4.07. The number of hydrogen-bond acceptors (Lipinski definition) is 5. The Morgan fingerprint density at radius 1 is 0.897 bits per heavy atom. The molecule has 0 aliphatic rings. The van der Waals surface area contributed by atoms with Crippen LogP contribution in [0.15, 0.2) is 71.8 Å². The number of pyridine rings is 1. The fourth-order valence-corrected chi connectivity index (χ4v) is 6.11. The topological polar surface area (TPSA) is 72.7 Å². The Morgan fingerprint density at radius 3 is 2.15 bits per heavy atom. The lowest BCUT2D eigenvalue weighted by Crippen LogP contribution is -2.36. The molecule has 2 aromatic heterocycles. The van der Waals surface area contributed by atoms with E-state index in [2.05, 4.69) is 60.7 Å². The van der Waals surface area contributed by atoms with E-state index in [1.165, 1.54) is 0 Å². The van der Waals surface area contributed by atoms with Crippen LogP contribution in [0.2, 0.25) is 0 Å². The highest BCUT2D eigenvalue weighted by Crippen LogP contribution is 2.39. The molecule has 0 amide bonds. The van der Waals surface area contributed by atoms with Crippen LogP contribution in [0.5, 0.6) is 5.75 Å². The summed E-state index contributed by atoms with van der Waals surface area (Å²) in [4.78, 5) is 5.06. The van der Waals surface area contributed by atoms with Gasteiger partial charge in [0.2, 0.25) is 0 Å². The highest BCUT2D eigenvalue weighted by atomic mass is 32.2. The molecule has 0 bridgehead atoms. The molecule has 0 saturated heterocycles. The fraction of sp³-hybridized carbons (Fsp3) is 0.406. The SMILES string of the molecule is Cc1ccn2c(NC(C)(C)CC(C)(C)C)c(-c3ccccc3OS(=O)(=O)c3ccc(C(C)(C)C)cc3)nc2c1. The van der Waals surface area contributed by atoms with Gasteiger partial charge >= 0.3 is 10.1 Å². The van der Waals surface area contributed by atoms with E-state index in [-0.39, 0.29) is 27.0 Å². The van der Waals surface area contributed by atoms with Crippen LogP contribution >= 0.6 is 0 Å². The quantitative estimate of drug-likeness (QED) is 0.237. The second-order valence-electron chi connectivity index (χ2n) is 13.3. The van der Waals surface area contributed by atoms with Crippen molar-refractivity contribution in [1.82, 2.24) is 9.38 Å². The Bertz CT molecular complexity index is 1590. The van der Waals surface area contributed by atoms with E-state index >= 15 is 0 Å². The van der Waals surface area contributed by atoms with Crippen molar-refractivity contribution in [3.8, 4) is 17.0 Å². The van der Waals surface area contributed by atoms with E-state index in [1.807, 2.05) is 53.9 Å². The van der Waals surface area contributed by atoms with Crippen molar-refractivity contribution in [2.45, 2.75) is 84.6 Å². The average molecular weight is 548 g/mol. The molecule has 7 heteroatoms. The second-order valence-corrected chi connectivity index (χ2v) is 14.8. The molecule has 0 radical (unpaired) electrons. The van der Waals surface area contributed by atoms with Gasteiger partial charge in [-0.1, -0.05) is 65.8 Å². The molecule has 6 nitrogen and oxygen atoms in total. The highest BCUT2D eigenvalue weighted by Gasteiger charge is 2.29. The van der Waals surface area contributed by atoms with Gasteiger partial charge in [0.25, 0.3) is 0 Å². The molecule has 4 aromatic rings. The van der Waals surface area contributed by atoms with E-state index in [0.717, 1.165) is 29.0 Å². The van der Waals surface area contributed by atoms with Crippen molar-refractivity contribution in [1.29, 1.82) is 0 Å².